The van der Waals surface area contributed by atoms with Gasteiger partial charge in [0, 0.05) is 6.42 Å². The third kappa shape index (κ3) is 2.14. The predicted octanol–water partition coefficient (Wildman–Crippen LogP) is 2.38. The van der Waals surface area contributed by atoms with E-state index in [2.05, 4.69) is 0 Å². The predicted molar refractivity (Wildman–Crippen MR) is 62.0 cm³/mol. The quantitative estimate of drug-likeness (QED) is 0.793. The molecule has 88 valence electrons. The maximum Gasteiger partial charge on any atom is 0.161 e. The summed E-state index contributed by atoms with van der Waals surface area (Å²) in [7, 11) is 0. The number of fused-ring (bicyclic) bond motifs is 1. The molecular weight excluding hydrogens is 204 g/mol. The van der Waals surface area contributed by atoms with E-state index in [0.717, 1.165) is 29.0 Å². The lowest BCUT2D eigenvalue weighted by Crippen LogP contribution is -2.17. The van der Waals surface area contributed by atoms with Gasteiger partial charge in [0.05, 0.1) is 18.8 Å². The van der Waals surface area contributed by atoms with E-state index in [1.165, 1.54) is 0 Å². The highest BCUT2D eigenvalue weighted by Gasteiger charge is 2.22. The highest BCUT2D eigenvalue weighted by Crippen LogP contribution is 2.36. The molecule has 0 aromatic heterocycles. The molecule has 0 saturated carbocycles. The lowest BCUT2D eigenvalue weighted by Gasteiger charge is -2.22. The van der Waals surface area contributed by atoms with Crippen molar-refractivity contribution in [3.8, 4) is 11.5 Å². The first-order chi connectivity index (χ1) is 7.48. The smallest absolute Gasteiger partial charge is 0.161 e. The first kappa shape index (κ1) is 11.3. The molecule has 0 bridgehead atoms. The molecule has 0 atom stereocenters. The van der Waals surface area contributed by atoms with Gasteiger partial charge in [-0.2, -0.15) is 0 Å². The lowest BCUT2D eigenvalue weighted by atomic mass is 9.93. The molecular formula is C13H18O3. The van der Waals surface area contributed by atoms with Gasteiger partial charge in [-0.25, -0.2) is 0 Å². The van der Waals surface area contributed by atoms with E-state index in [1.807, 2.05) is 19.1 Å². The Labute approximate surface area is 96.0 Å². The first-order valence-corrected chi connectivity index (χ1v) is 5.61. The van der Waals surface area contributed by atoms with Crippen LogP contribution in [0, 0.1) is 6.92 Å². The number of benzene rings is 1. The van der Waals surface area contributed by atoms with E-state index in [-0.39, 0.29) is 0 Å². The number of aliphatic hydroxyl groups is 1. The topological polar surface area (TPSA) is 38.7 Å². The number of ether oxygens (including phenoxy) is 2. The van der Waals surface area contributed by atoms with Gasteiger partial charge in [-0.1, -0.05) is 0 Å². The monoisotopic (exact) mass is 222 g/mol. The van der Waals surface area contributed by atoms with Crippen molar-refractivity contribution in [2.24, 2.45) is 0 Å². The number of aryl methyl sites for hydroxylation is 1. The third-order valence-corrected chi connectivity index (χ3v) is 2.75. The van der Waals surface area contributed by atoms with E-state index in [1.54, 1.807) is 13.8 Å². The molecule has 0 aliphatic carbocycles. The van der Waals surface area contributed by atoms with Crippen LogP contribution in [0.4, 0.5) is 0 Å². The fraction of sp³-hybridized carbons (Fsp3) is 0.538. The Kier molecular flexibility index (Phi) is 2.80. The summed E-state index contributed by atoms with van der Waals surface area (Å²) in [6.07, 6.45) is 0.894. The molecule has 1 aliphatic rings. The SMILES string of the molecule is Cc1cc2c(cc1C(C)(C)O)OCCCO2. The van der Waals surface area contributed by atoms with Crippen molar-refractivity contribution in [2.75, 3.05) is 13.2 Å². The van der Waals surface area contributed by atoms with Crippen LogP contribution in [0.2, 0.25) is 0 Å². The molecule has 0 fully saturated rings. The molecule has 16 heavy (non-hydrogen) atoms. The molecule has 3 heteroatoms. The summed E-state index contributed by atoms with van der Waals surface area (Å²) in [6.45, 7) is 6.88. The second-order valence-electron chi connectivity index (χ2n) is 4.72. The zero-order valence-electron chi connectivity index (χ0n) is 10.0. The van der Waals surface area contributed by atoms with Gasteiger partial charge in [0.2, 0.25) is 0 Å². The zero-order chi connectivity index (χ0) is 11.8. The first-order valence-electron chi connectivity index (χ1n) is 5.61. The fourth-order valence-electron chi connectivity index (χ4n) is 1.97. The standard InChI is InChI=1S/C13H18O3/c1-9-7-11-12(16-6-4-5-15-11)8-10(9)13(2,3)14/h7-8,14H,4-6H2,1-3H3. The molecule has 0 radical (unpaired) electrons. The molecule has 1 aromatic carbocycles. The maximum absolute atomic E-state index is 10.0. The van der Waals surface area contributed by atoms with E-state index < -0.39 is 5.60 Å². The average molecular weight is 222 g/mol. The van der Waals surface area contributed by atoms with Crippen molar-refractivity contribution in [3.05, 3.63) is 23.3 Å². The minimum Gasteiger partial charge on any atom is -0.490 e. The molecule has 0 amide bonds. The minimum absolute atomic E-state index is 0.668. The molecule has 0 saturated heterocycles. The fourth-order valence-corrected chi connectivity index (χ4v) is 1.97. The third-order valence-electron chi connectivity index (χ3n) is 2.75. The Morgan fingerprint density at radius 2 is 1.69 bits per heavy atom. The summed E-state index contributed by atoms with van der Waals surface area (Å²) in [6, 6.07) is 3.82. The van der Waals surface area contributed by atoms with Gasteiger partial charge in [-0.05, 0) is 44.0 Å². The highest BCUT2D eigenvalue weighted by molar-refractivity contribution is 5.48. The van der Waals surface area contributed by atoms with Crippen LogP contribution in [0.25, 0.3) is 0 Å². The summed E-state index contributed by atoms with van der Waals surface area (Å²) in [5.74, 6) is 1.52. The van der Waals surface area contributed by atoms with E-state index in [9.17, 15) is 5.11 Å². The van der Waals surface area contributed by atoms with Crippen LogP contribution in [-0.4, -0.2) is 18.3 Å². The Morgan fingerprint density at radius 3 is 2.25 bits per heavy atom. The van der Waals surface area contributed by atoms with Crippen molar-refractivity contribution in [3.63, 3.8) is 0 Å². The van der Waals surface area contributed by atoms with Gasteiger partial charge < -0.3 is 14.6 Å². The van der Waals surface area contributed by atoms with Crippen molar-refractivity contribution in [1.29, 1.82) is 0 Å². The van der Waals surface area contributed by atoms with E-state index >= 15 is 0 Å². The average Bonchev–Trinajstić information content (AvgIpc) is 2.39. The minimum atomic E-state index is -0.852. The van der Waals surface area contributed by atoms with E-state index in [0.29, 0.717) is 13.2 Å². The Balaban J connectivity index is 2.47. The van der Waals surface area contributed by atoms with Gasteiger partial charge >= 0.3 is 0 Å². The molecule has 2 rings (SSSR count). The second-order valence-corrected chi connectivity index (χ2v) is 4.72. The van der Waals surface area contributed by atoms with Crippen molar-refractivity contribution < 1.29 is 14.6 Å². The van der Waals surface area contributed by atoms with Gasteiger partial charge in [0.25, 0.3) is 0 Å². The summed E-state index contributed by atoms with van der Waals surface area (Å²) < 4.78 is 11.2. The van der Waals surface area contributed by atoms with Crippen molar-refractivity contribution >= 4 is 0 Å². The van der Waals surface area contributed by atoms with Crippen LogP contribution in [0.3, 0.4) is 0 Å². The molecule has 1 aromatic rings. The van der Waals surface area contributed by atoms with Crippen molar-refractivity contribution in [1.82, 2.24) is 0 Å². The van der Waals surface area contributed by atoms with Crippen LogP contribution in [0.1, 0.15) is 31.4 Å². The summed E-state index contributed by atoms with van der Waals surface area (Å²) in [4.78, 5) is 0. The molecule has 1 heterocycles. The van der Waals surface area contributed by atoms with Gasteiger partial charge in [-0.3, -0.25) is 0 Å². The van der Waals surface area contributed by atoms with Gasteiger partial charge in [-0.15, -0.1) is 0 Å². The largest absolute Gasteiger partial charge is 0.490 e. The maximum atomic E-state index is 10.0. The Bertz CT molecular complexity index is 391. The van der Waals surface area contributed by atoms with Crippen LogP contribution < -0.4 is 9.47 Å². The Morgan fingerprint density at radius 1 is 1.12 bits per heavy atom. The van der Waals surface area contributed by atoms with E-state index in [4.69, 9.17) is 9.47 Å². The van der Waals surface area contributed by atoms with Crippen molar-refractivity contribution in [2.45, 2.75) is 32.8 Å². The summed E-state index contributed by atoms with van der Waals surface area (Å²) in [5, 5.41) is 10.0. The highest BCUT2D eigenvalue weighted by atomic mass is 16.5. The number of hydrogen-bond donors (Lipinski definition) is 1. The van der Waals surface area contributed by atoms with Crippen LogP contribution in [0.5, 0.6) is 11.5 Å². The number of hydrogen-bond acceptors (Lipinski definition) is 3. The van der Waals surface area contributed by atoms with Gasteiger partial charge in [0.1, 0.15) is 0 Å². The molecule has 0 spiro atoms. The molecule has 1 N–H and O–H groups in total. The van der Waals surface area contributed by atoms with Crippen LogP contribution >= 0.6 is 0 Å². The second kappa shape index (κ2) is 3.98. The molecule has 1 aliphatic heterocycles. The molecule has 3 nitrogen and oxygen atoms in total. The lowest BCUT2D eigenvalue weighted by molar-refractivity contribution is 0.0775. The normalized spacial score (nSPS) is 15.8. The summed E-state index contributed by atoms with van der Waals surface area (Å²) >= 11 is 0. The van der Waals surface area contributed by atoms with Crippen LogP contribution in [-0.2, 0) is 5.60 Å². The van der Waals surface area contributed by atoms with Gasteiger partial charge in [0.15, 0.2) is 11.5 Å². The number of rotatable bonds is 1. The Hall–Kier alpha value is -1.22. The van der Waals surface area contributed by atoms with Crippen LogP contribution in [0.15, 0.2) is 12.1 Å². The summed E-state index contributed by atoms with van der Waals surface area (Å²) in [5.41, 5.74) is 1.06. The zero-order valence-corrected chi connectivity index (χ0v) is 10.0. The molecule has 0 unspecified atom stereocenters.